The molecule has 0 unspecified atom stereocenters. The van der Waals surface area contributed by atoms with E-state index in [9.17, 15) is 14.4 Å². The molecule has 0 aliphatic rings. The molecule has 0 aliphatic heterocycles. The molecule has 1 aromatic rings. The third kappa shape index (κ3) is 12.8. The Morgan fingerprint density at radius 2 is 1.42 bits per heavy atom. The predicted octanol–water partition coefficient (Wildman–Crippen LogP) is 4.82. The van der Waals surface area contributed by atoms with Gasteiger partial charge in [-0.2, -0.15) is 0 Å². The molecule has 0 aliphatic carbocycles. The summed E-state index contributed by atoms with van der Waals surface area (Å²) in [6.45, 7) is 6.72. The van der Waals surface area contributed by atoms with Crippen molar-refractivity contribution in [3.8, 4) is 0 Å². The van der Waals surface area contributed by atoms with E-state index in [4.69, 9.17) is 0 Å². The molecule has 0 spiro atoms. The van der Waals surface area contributed by atoms with Crippen LogP contribution in [-0.4, -0.2) is 42.3 Å². The number of hydrogen-bond acceptors (Lipinski definition) is 3. The lowest BCUT2D eigenvalue weighted by Gasteiger charge is -2.22. The first kappa shape index (κ1) is 26.7. The van der Waals surface area contributed by atoms with Gasteiger partial charge in [-0.1, -0.05) is 76.5 Å². The van der Waals surface area contributed by atoms with Gasteiger partial charge in [0.25, 0.3) is 0 Å². The molecule has 1 aromatic carbocycles. The van der Waals surface area contributed by atoms with Crippen LogP contribution in [0.15, 0.2) is 24.3 Å². The SMILES string of the molecule is CCCCCCCCCC(=O)N(CCCC)CC(=O)NCC(=O)Nc1ccc(C)cc1. The first-order valence-corrected chi connectivity index (χ1v) is 11.9. The Labute approximate surface area is 188 Å². The standard InChI is InChI=1S/C25H41N3O3/c1-4-6-8-9-10-11-12-13-25(31)28(18-7-5-2)20-24(30)26-19-23(29)27-22-16-14-21(3)15-17-22/h14-17H,4-13,18-20H2,1-3H3,(H,26,30)(H,27,29). The summed E-state index contributed by atoms with van der Waals surface area (Å²) in [5, 5.41) is 5.38. The van der Waals surface area contributed by atoms with E-state index in [1.54, 1.807) is 4.90 Å². The number of nitrogens with zero attached hydrogens (tertiary/aromatic N) is 1. The quantitative estimate of drug-likeness (QED) is 0.368. The summed E-state index contributed by atoms with van der Waals surface area (Å²) in [5.74, 6) is -0.559. The molecule has 0 bridgehead atoms. The molecule has 0 fully saturated rings. The molecule has 2 N–H and O–H groups in total. The van der Waals surface area contributed by atoms with E-state index in [0.717, 1.165) is 31.2 Å². The smallest absolute Gasteiger partial charge is 0.243 e. The number of anilines is 1. The molecule has 0 saturated carbocycles. The second-order valence-electron chi connectivity index (χ2n) is 8.23. The highest BCUT2D eigenvalue weighted by molar-refractivity contribution is 5.95. The molecule has 1 rings (SSSR count). The molecular weight excluding hydrogens is 390 g/mol. The summed E-state index contributed by atoms with van der Waals surface area (Å²) in [4.78, 5) is 38.6. The van der Waals surface area contributed by atoms with Gasteiger partial charge >= 0.3 is 0 Å². The van der Waals surface area contributed by atoms with E-state index in [1.807, 2.05) is 31.2 Å². The summed E-state index contributed by atoms with van der Waals surface area (Å²) in [6.07, 6.45) is 10.4. The van der Waals surface area contributed by atoms with Crippen LogP contribution in [0.3, 0.4) is 0 Å². The Bertz CT molecular complexity index is 658. The van der Waals surface area contributed by atoms with Crippen molar-refractivity contribution in [1.29, 1.82) is 0 Å². The number of rotatable bonds is 16. The monoisotopic (exact) mass is 431 g/mol. The van der Waals surface area contributed by atoms with Crippen LogP contribution in [0.1, 0.15) is 83.6 Å². The van der Waals surface area contributed by atoms with E-state index in [-0.39, 0.29) is 30.8 Å². The van der Waals surface area contributed by atoms with Gasteiger partial charge in [0.2, 0.25) is 17.7 Å². The fourth-order valence-electron chi connectivity index (χ4n) is 3.28. The first-order valence-electron chi connectivity index (χ1n) is 11.9. The maximum Gasteiger partial charge on any atom is 0.243 e. The van der Waals surface area contributed by atoms with Crippen molar-refractivity contribution in [3.63, 3.8) is 0 Å². The zero-order chi connectivity index (χ0) is 22.9. The van der Waals surface area contributed by atoms with Crippen molar-refractivity contribution in [1.82, 2.24) is 10.2 Å². The summed E-state index contributed by atoms with van der Waals surface area (Å²) < 4.78 is 0. The van der Waals surface area contributed by atoms with Gasteiger partial charge in [-0.3, -0.25) is 14.4 Å². The van der Waals surface area contributed by atoms with Crippen LogP contribution in [0, 0.1) is 6.92 Å². The first-order chi connectivity index (χ1) is 15.0. The van der Waals surface area contributed by atoms with Gasteiger partial charge in [0.15, 0.2) is 0 Å². The second kappa shape index (κ2) is 16.3. The van der Waals surface area contributed by atoms with Gasteiger partial charge in [-0.15, -0.1) is 0 Å². The van der Waals surface area contributed by atoms with Gasteiger partial charge in [-0.05, 0) is 31.9 Å². The van der Waals surface area contributed by atoms with Gasteiger partial charge < -0.3 is 15.5 Å². The van der Waals surface area contributed by atoms with Crippen molar-refractivity contribution in [2.24, 2.45) is 0 Å². The molecule has 0 heterocycles. The number of carbonyl (C=O) groups is 3. The molecule has 6 nitrogen and oxygen atoms in total. The van der Waals surface area contributed by atoms with E-state index < -0.39 is 0 Å². The Morgan fingerprint density at radius 3 is 2.06 bits per heavy atom. The number of benzene rings is 1. The average molecular weight is 432 g/mol. The molecule has 174 valence electrons. The summed E-state index contributed by atoms with van der Waals surface area (Å²) in [7, 11) is 0. The number of amides is 3. The van der Waals surface area contributed by atoms with Crippen molar-refractivity contribution in [2.45, 2.75) is 85.0 Å². The Kier molecular flexibility index (Phi) is 14.1. The van der Waals surface area contributed by atoms with E-state index >= 15 is 0 Å². The minimum absolute atomic E-state index is 0.00709. The van der Waals surface area contributed by atoms with Crippen LogP contribution in [0.5, 0.6) is 0 Å². The molecule has 0 aromatic heterocycles. The van der Waals surface area contributed by atoms with Gasteiger partial charge in [0.05, 0.1) is 13.1 Å². The van der Waals surface area contributed by atoms with Crippen LogP contribution in [0.25, 0.3) is 0 Å². The molecule has 3 amide bonds. The zero-order valence-electron chi connectivity index (χ0n) is 19.7. The van der Waals surface area contributed by atoms with Gasteiger partial charge in [0, 0.05) is 18.7 Å². The normalized spacial score (nSPS) is 10.5. The average Bonchev–Trinajstić information content (AvgIpc) is 2.76. The Morgan fingerprint density at radius 1 is 0.806 bits per heavy atom. The third-order valence-corrected chi connectivity index (χ3v) is 5.24. The third-order valence-electron chi connectivity index (χ3n) is 5.24. The van der Waals surface area contributed by atoms with Crippen molar-refractivity contribution < 1.29 is 14.4 Å². The van der Waals surface area contributed by atoms with Crippen LogP contribution in [0.4, 0.5) is 5.69 Å². The molecule has 0 radical (unpaired) electrons. The maximum atomic E-state index is 12.6. The largest absolute Gasteiger partial charge is 0.345 e. The fraction of sp³-hybridized carbons (Fsp3) is 0.640. The second-order valence-corrected chi connectivity index (χ2v) is 8.23. The number of carbonyl (C=O) groups excluding carboxylic acids is 3. The van der Waals surface area contributed by atoms with E-state index in [0.29, 0.717) is 18.7 Å². The highest BCUT2D eigenvalue weighted by Gasteiger charge is 2.17. The molecule has 0 saturated heterocycles. The van der Waals surface area contributed by atoms with E-state index in [1.165, 1.54) is 32.1 Å². The molecule has 31 heavy (non-hydrogen) atoms. The van der Waals surface area contributed by atoms with Crippen molar-refractivity contribution >= 4 is 23.4 Å². The number of aryl methyl sites for hydroxylation is 1. The highest BCUT2D eigenvalue weighted by Crippen LogP contribution is 2.10. The van der Waals surface area contributed by atoms with Crippen LogP contribution >= 0.6 is 0 Å². The minimum atomic E-state index is -0.303. The lowest BCUT2D eigenvalue weighted by Crippen LogP contribution is -2.43. The fourth-order valence-corrected chi connectivity index (χ4v) is 3.28. The predicted molar refractivity (Wildman–Crippen MR) is 127 cm³/mol. The van der Waals surface area contributed by atoms with Crippen LogP contribution in [0.2, 0.25) is 0 Å². The topological polar surface area (TPSA) is 78.5 Å². The molecule has 6 heteroatoms. The summed E-state index contributed by atoms with van der Waals surface area (Å²) >= 11 is 0. The van der Waals surface area contributed by atoms with Gasteiger partial charge in [0.1, 0.15) is 0 Å². The van der Waals surface area contributed by atoms with Crippen molar-refractivity contribution in [3.05, 3.63) is 29.8 Å². The molecular formula is C25H41N3O3. The highest BCUT2D eigenvalue weighted by atomic mass is 16.2. The van der Waals surface area contributed by atoms with E-state index in [2.05, 4.69) is 24.5 Å². The number of hydrogen-bond donors (Lipinski definition) is 2. The summed E-state index contributed by atoms with van der Waals surface area (Å²) in [6, 6.07) is 7.47. The lowest BCUT2D eigenvalue weighted by molar-refractivity contribution is -0.136. The molecule has 0 atom stereocenters. The van der Waals surface area contributed by atoms with Crippen molar-refractivity contribution in [2.75, 3.05) is 25.0 Å². The van der Waals surface area contributed by atoms with Crippen LogP contribution < -0.4 is 10.6 Å². The summed E-state index contributed by atoms with van der Waals surface area (Å²) in [5.41, 5.74) is 1.80. The number of unbranched alkanes of at least 4 members (excludes halogenated alkanes) is 7. The van der Waals surface area contributed by atoms with Crippen LogP contribution in [-0.2, 0) is 14.4 Å². The van der Waals surface area contributed by atoms with Gasteiger partial charge in [-0.25, -0.2) is 0 Å². The zero-order valence-corrected chi connectivity index (χ0v) is 19.7. The Hall–Kier alpha value is -2.37. The maximum absolute atomic E-state index is 12.6. The number of nitrogens with one attached hydrogen (secondary N) is 2. The minimum Gasteiger partial charge on any atom is -0.345 e. The lowest BCUT2D eigenvalue weighted by atomic mass is 10.1. The Balaban J connectivity index is 2.36.